The van der Waals surface area contributed by atoms with Gasteiger partial charge in [-0.3, -0.25) is 0 Å². The van der Waals surface area contributed by atoms with Gasteiger partial charge in [0.05, 0.1) is 0 Å². The fraction of sp³-hybridized carbons (Fsp3) is 0. The van der Waals surface area contributed by atoms with E-state index in [0.717, 1.165) is 55.1 Å². The van der Waals surface area contributed by atoms with Gasteiger partial charge in [0.15, 0.2) is 17.5 Å². The molecule has 0 aliphatic heterocycles. The third-order valence-corrected chi connectivity index (χ3v) is 11.3. The van der Waals surface area contributed by atoms with Gasteiger partial charge in [-0.1, -0.05) is 127 Å². The number of hydrogen-bond acceptors (Lipinski definition) is 5. The van der Waals surface area contributed by atoms with Gasteiger partial charge in [0.25, 0.3) is 0 Å². The summed E-state index contributed by atoms with van der Waals surface area (Å²) in [5, 5.41) is 9.27. The minimum atomic E-state index is 0.605. The third kappa shape index (κ3) is 4.57. The predicted molar refractivity (Wildman–Crippen MR) is 217 cm³/mol. The van der Waals surface area contributed by atoms with Gasteiger partial charge < -0.3 is 4.42 Å². The molecule has 52 heavy (non-hydrogen) atoms. The summed E-state index contributed by atoms with van der Waals surface area (Å²) < 4.78 is 8.77. The summed E-state index contributed by atoms with van der Waals surface area (Å²) in [6.45, 7) is 0. The van der Waals surface area contributed by atoms with Gasteiger partial charge >= 0.3 is 0 Å². The zero-order valence-electron chi connectivity index (χ0n) is 27.7. The van der Waals surface area contributed by atoms with Crippen LogP contribution in [0.5, 0.6) is 0 Å². The lowest BCUT2D eigenvalue weighted by Gasteiger charge is -2.14. The first-order chi connectivity index (χ1) is 25.7. The number of fused-ring (bicyclic) bond motifs is 9. The number of hydrogen-bond donors (Lipinski definition) is 0. The minimum absolute atomic E-state index is 0.605. The molecule has 0 saturated carbocycles. The molecule has 0 aliphatic rings. The first-order valence-corrected chi connectivity index (χ1v) is 18.2. The van der Waals surface area contributed by atoms with Crippen LogP contribution in [0.15, 0.2) is 168 Å². The normalized spacial score (nSPS) is 11.8. The summed E-state index contributed by atoms with van der Waals surface area (Å²) in [7, 11) is 0. The molecule has 5 heteroatoms. The molecule has 0 aliphatic carbocycles. The van der Waals surface area contributed by atoms with E-state index in [2.05, 4.69) is 133 Å². The molecule has 8 aromatic carbocycles. The largest absolute Gasteiger partial charge is 0.456 e. The summed E-state index contributed by atoms with van der Waals surface area (Å²) in [5.41, 5.74) is 6.70. The van der Waals surface area contributed by atoms with E-state index in [1.165, 1.54) is 36.3 Å². The average molecular weight is 682 g/mol. The van der Waals surface area contributed by atoms with E-state index < -0.39 is 0 Å². The molecule has 0 radical (unpaired) electrons. The summed E-state index contributed by atoms with van der Waals surface area (Å²) >= 11 is 1.79. The lowest BCUT2D eigenvalue weighted by atomic mass is 9.92. The second kappa shape index (κ2) is 11.4. The maximum Gasteiger partial charge on any atom is 0.164 e. The van der Waals surface area contributed by atoms with E-state index in [4.69, 9.17) is 19.4 Å². The minimum Gasteiger partial charge on any atom is -0.456 e. The number of rotatable bonds is 4. The molecule has 11 rings (SSSR count). The Kier molecular flexibility index (Phi) is 6.39. The highest BCUT2D eigenvalue weighted by molar-refractivity contribution is 7.25. The van der Waals surface area contributed by atoms with Crippen molar-refractivity contribution in [1.29, 1.82) is 0 Å². The van der Waals surface area contributed by atoms with Gasteiger partial charge in [0.1, 0.15) is 11.2 Å². The second-order valence-corrected chi connectivity index (χ2v) is 14.2. The molecule has 0 fully saturated rings. The van der Waals surface area contributed by atoms with Crippen LogP contribution in [0.3, 0.4) is 0 Å². The van der Waals surface area contributed by atoms with Crippen molar-refractivity contribution in [3.8, 4) is 45.3 Å². The number of furan rings is 1. The van der Waals surface area contributed by atoms with E-state index in [9.17, 15) is 0 Å². The molecule has 0 bridgehead atoms. The Bertz CT molecular complexity index is 3200. The van der Waals surface area contributed by atoms with Crippen LogP contribution in [0, 0.1) is 0 Å². The van der Waals surface area contributed by atoms with E-state index in [1.54, 1.807) is 11.3 Å². The number of nitrogens with zero attached hydrogens (tertiary/aromatic N) is 3. The summed E-state index contributed by atoms with van der Waals surface area (Å²) in [4.78, 5) is 15.8. The maximum absolute atomic E-state index is 6.31. The van der Waals surface area contributed by atoms with E-state index in [0.29, 0.717) is 17.5 Å². The fourth-order valence-electron chi connectivity index (χ4n) is 7.68. The van der Waals surface area contributed by atoms with Crippen molar-refractivity contribution in [3.05, 3.63) is 164 Å². The van der Waals surface area contributed by atoms with Crippen LogP contribution in [-0.2, 0) is 0 Å². The van der Waals surface area contributed by atoms with Gasteiger partial charge in [-0.15, -0.1) is 11.3 Å². The van der Waals surface area contributed by atoms with Gasteiger partial charge in [0.2, 0.25) is 0 Å². The number of para-hydroxylation sites is 1. The van der Waals surface area contributed by atoms with Crippen molar-refractivity contribution in [2.24, 2.45) is 0 Å². The first-order valence-electron chi connectivity index (χ1n) is 17.3. The topological polar surface area (TPSA) is 51.8 Å². The van der Waals surface area contributed by atoms with E-state index in [-0.39, 0.29) is 0 Å². The number of thiophene rings is 1. The Morgan fingerprint density at radius 2 is 1.06 bits per heavy atom. The standard InChI is InChI=1S/C47H27N3OS/c1-2-11-28(12-3-1)38-25-31(26-39-32-14-5-4-13-29(32)21-23-33(38)39)46-48-45(30-22-24-35-34-15-7-9-20-42(34)52-43(35)27-30)49-47(50-46)37-17-10-19-41-44(37)36-16-6-8-18-40(36)51-41/h1-27H. The molecule has 242 valence electrons. The van der Waals surface area contributed by atoms with E-state index >= 15 is 0 Å². The van der Waals surface area contributed by atoms with Crippen LogP contribution in [0.2, 0.25) is 0 Å². The molecule has 4 nitrogen and oxygen atoms in total. The highest BCUT2D eigenvalue weighted by Crippen LogP contribution is 2.41. The number of benzene rings is 8. The Morgan fingerprint density at radius 1 is 0.365 bits per heavy atom. The molecule has 0 unspecified atom stereocenters. The van der Waals surface area contributed by atoms with Crippen molar-refractivity contribution in [2.45, 2.75) is 0 Å². The lowest BCUT2D eigenvalue weighted by molar-refractivity contribution is 0.669. The van der Waals surface area contributed by atoms with Gasteiger partial charge in [-0.05, 0) is 69.1 Å². The van der Waals surface area contributed by atoms with E-state index in [1.807, 2.05) is 30.3 Å². The number of aromatic nitrogens is 3. The zero-order chi connectivity index (χ0) is 34.2. The summed E-state index contributed by atoms with van der Waals surface area (Å²) in [6.07, 6.45) is 0. The molecule has 0 amide bonds. The molecule has 11 aromatic rings. The van der Waals surface area contributed by atoms with Gasteiger partial charge in [-0.25, -0.2) is 15.0 Å². The highest BCUT2D eigenvalue weighted by atomic mass is 32.1. The molecule has 0 saturated heterocycles. The van der Waals surface area contributed by atoms with Crippen molar-refractivity contribution >= 4 is 75.0 Å². The molecule has 0 spiro atoms. The quantitative estimate of drug-likeness (QED) is 0.174. The van der Waals surface area contributed by atoms with Crippen LogP contribution >= 0.6 is 11.3 Å². The van der Waals surface area contributed by atoms with Crippen LogP contribution in [0.1, 0.15) is 0 Å². The van der Waals surface area contributed by atoms with Crippen LogP contribution in [0.4, 0.5) is 0 Å². The summed E-state index contributed by atoms with van der Waals surface area (Å²) in [6, 6.07) is 57.5. The van der Waals surface area contributed by atoms with Crippen LogP contribution < -0.4 is 0 Å². The molecular formula is C47H27N3OS. The predicted octanol–water partition coefficient (Wildman–Crippen LogP) is 13.1. The smallest absolute Gasteiger partial charge is 0.164 e. The van der Waals surface area contributed by atoms with Crippen molar-refractivity contribution in [1.82, 2.24) is 15.0 Å². The molecule has 3 aromatic heterocycles. The van der Waals surface area contributed by atoms with Crippen LogP contribution in [-0.4, -0.2) is 15.0 Å². The maximum atomic E-state index is 6.31. The Labute approximate surface area is 302 Å². The summed E-state index contributed by atoms with van der Waals surface area (Å²) in [5.74, 6) is 1.85. The molecule has 0 atom stereocenters. The van der Waals surface area contributed by atoms with Crippen molar-refractivity contribution in [3.63, 3.8) is 0 Å². The van der Waals surface area contributed by atoms with Gasteiger partial charge in [-0.2, -0.15) is 0 Å². The second-order valence-electron chi connectivity index (χ2n) is 13.2. The zero-order valence-corrected chi connectivity index (χ0v) is 28.6. The lowest BCUT2D eigenvalue weighted by Crippen LogP contribution is -2.01. The van der Waals surface area contributed by atoms with Crippen molar-refractivity contribution in [2.75, 3.05) is 0 Å². The van der Waals surface area contributed by atoms with Crippen molar-refractivity contribution < 1.29 is 4.42 Å². The monoisotopic (exact) mass is 681 g/mol. The first kappa shape index (κ1) is 29.1. The Balaban J connectivity index is 1.21. The third-order valence-electron chi connectivity index (χ3n) is 10.1. The molecular weight excluding hydrogens is 655 g/mol. The van der Waals surface area contributed by atoms with Gasteiger partial charge in [0, 0.05) is 47.6 Å². The average Bonchev–Trinajstić information content (AvgIpc) is 3.78. The SMILES string of the molecule is c1ccc(-c2cc(-c3nc(-c4ccc5c(c4)sc4ccccc45)nc(-c4cccc5oc6ccccc6c45)n3)cc3c2ccc2ccccc23)cc1. The highest BCUT2D eigenvalue weighted by Gasteiger charge is 2.20. The Hall–Kier alpha value is -6.69. The Morgan fingerprint density at radius 3 is 1.96 bits per heavy atom. The fourth-order valence-corrected chi connectivity index (χ4v) is 8.83. The van der Waals surface area contributed by atoms with Crippen LogP contribution in [0.25, 0.3) is 109 Å². The molecule has 0 N–H and O–H groups in total. The molecule has 3 heterocycles.